The number of H-pyrrole nitrogens is 2. The molecular weight excluding hydrogens is 364 g/mol. The minimum absolute atomic E-state index is 0.0805. The molecule has 5 nitrogen and oxygen atoms in total. The third-order valence-corrected chi connectivity index (χ3v) is 5.19. The van der Waals surface area contributed by atoms with Gasteiger partial charge in [-0.3, -0.25) is 9.59 Å². The van der Waals surface area contributed by atoms with Crippen LogP contribution >= 0.6 is 11.6 Å². The first-order valence-electron chi connectivity index (χ1n) is 8.35. The summed E-state index contributed by atoms with van der Waals surface area (Å²) < 4.78 is 5.22. The van der Waals surface area contributed by atoms with Gasteiger partial charge in [0.25, 0.3) is 0 Å². The fraction of sp³-hybridized carbons (Fsp3) is 0.0476. The number of fused-ring (bicyclic) bond motifs is 4. The Morgan fingerprint density at radius 2 is 1.44 bits per heavy atom. The summed E-state index contributed by atoms with van der Waals surface area (Å²) in [6.45, 7) is 0. The summed E-state index contributed by atoms with van der Waals surface area (Å²) in [5.74, 6) is 0.512. The van der Waals surface area contributed by atoms with Gasteiger partial charge < -0.3 is 14.7 Å². The summed E-state index contributed by atoms with van der Waals surface area (Å²) in [6.07, 6.45) is 0. The third-order valence-electron chi connectivity index (χ3n) is 4.89. The fourth-order valence-corrected chi connectivity index (χ4v) is 3.80. The van der Waals surface area contributed by atoms with Crippen LogP contribution in [0.5, 0.6) is 5.75 Å². The van der Waals surface area contributed by atoms with Gasteiger partial charge in [0, 0.05) is 27.7 Å². The van der Waals surface area contributed by atoms with Gasteiger partial charge in [0.1, 0.15) is 5.75 Å². The second-order valence-corrected chi connectivity index (χ2v) is 6.84. The number of hydrogen-bond acceptors (Lipinski definition) is 3. The van der Waals surface area contributed by atoms with Crippen molar-refractivity contribution in [2.45, 2.75) is 0 Å². The van der Waals surface area contributed by atoms with E-state index in [0.717, 1.165) is 5.52 Å². The number of aromatic amines is 2. The van der Waals surface area contributed by atoms with Crippen LogP contribution in [0.4, 0.5) is 0 Å². The number of benzene rings is 3. The summed E-state index contributed by atoms with van der Waals surface area (Å²) >= 11 is 6.32. The van der Waals surface area contributed by atoms with Gasteiger partial charge in [0.2, 0.25) is 0 Å². The summed E-state index contributed by atoms with van der Waals surface area (Å²) in [7, 11) is 1.52. The predicted molar refractivity (Wildman–Crippen MR) is 109 cm³/mol. The van der Waals surface area contributed by atoms with E-state index < -0.39 is 0 Å². The quantitative estimate of drug-likeness (QED) is 0.427. The molecule has 0 aliphatic rings. The average molecular weight is 377 g/mol. The molecule has 0 atom stereocenters. The molecule has 0 fully saturated rings. The van der Waals surface area contributed by atoms with Crippen molar-refractivity contribution in [3.8, 4) is 5.75 Å². The van der Waals surface area contributed by atoms with E-state index >= 15 is 0 Å². The van der Waals surface area contributed by atoms with Crippen LogP contribution in [0.15, 0.2) is 58.1 Å². The van der Waals surface area contributed by atoms with Crippen molar-refractivity contribution in [1.29, 1.82) is 0 Å². The number of ether oxygens (including phenoxy) is 1. The highest BCUT2D eigenvalue weighted by molar-refractivity contribution is 6.35. The van der Waals surface area contributed by atoms with E-state index in [1.54, 1.807) is 30.3 Å². The molecule has 0 radical (unpaired) electrons. The Labute approximate surface area is 157 Å². The average Bonchev–Trinajstić information content (AvgIpc) is 2.68. The second-order valence-electron chi connectivity index (χ2n) is 6.43. The Balaban J connectivity index is 1.99. The van der Waals surface area contributed by atoms with Gasteiger partial charge in [-0.25, -0.2) is 0 Å². The first-order chi connectivity index (χ1) is 13.1. The maximum absolute atomic E-state index is 13.1. The molecule has 0 aliphatic carbocycles. The molecule has 6 heteroatoms. The minimum atomic E-state index is -0.171. The molecule has 0 unspecified atom stereocenters. The molecule has 0 bridgehead atoms. The van der Waals surface area contributed by atoms with Crippen molar-refractivity contribution >= 4 is 55.2 Å². The van der Waals surface area contributed by atoms with E-state index in [9.17, 15) is 9.59 Å². The molecule has 0 saturated carbocycles. The Bertz CT molecular complexity index is 1520. The SMILES string of the molecule is COc1cc(Cl)c2[nH]c3cc4c(=O)c5ccccc5[nH]c4cc3c(=O)c2c1. The number of para-hydroxylation sites is 1. The molecule has 132 valence electrons. The van der Waals surface area contributed by atoms with Crippen LogP contribution in [0.2, 0.25) is 5.02 Å². The normalized spacial score (nSPS) is 11.6. The van der Waals surface area contributed by atoms with Crippen LogP contribution in [0.3, 0.4) is 0 Å². The maximum Gasteiger partial charge on any atom is 0.197 e. The molecule has 5 rings (SSSR count). The first kappa shape index (κ1) is 15.9. The van der Waals surface area contributed by atoms with E-state index in [1.807, 2.05) is 18.2 Å². The molecule has 27 heavy (non-hydrogen) atoms. The van der Waals surface area contributed by atoms with E-state index in [1.165, 1.54) is 7.11 Å². The van der Waals surface area contributed by atoms with Gasteiger partial charge in [-0.1, -0.05) is 23.7 Å². The molecule has 0 spiro atoms. The molecule has 2 aromatic heterocycles. The van der Waals surface area contributed by atoms with Crippen molar-refractivity contribution in [2.75, 3.05) is 7.11 Å². The zero-order valence-electron chi connectivity index (χ0n) is 14.2. The van der Waals surface area contributed by atoms with Crippen molar-refractivity contribution in [3.63, 3.8) is 0 Å². The van der Waals surface area contributed by atoms with Crippen LogP contribution in [-0.2, 0) is 0 Å². The van der Waals surface area contributed by atoms with Crippen molar-refractivity contribution in [2.24, 2.45) is 0 Å². The minimum Gasteiger partial charge on any atom is -0.497 e. The third kappa shape index (κ3) is 2.25. The predicted octanol–water partition coefficient (Wildman–Crippen LogP) is 4.34. The molecule has 2 heterocycles. The van der Waals surface area contributed by atoms with E-state index in [0.29, 0.717) is 48.9 Å². The lowest BCUT2D eigenvalue weighted by atomic mass is 10.1. The van der Waals surface area contributed by atoms with Gasteiger partial charge >= 0.3 is 0 Å². The molecule has 5 aromatic rings. The lowest BCUT2D eigenvalue weighted by Gasteiger charge is -2.09. The Kier molecular flexibility index (Phi) is 3.29. The van der Waals surface area contributed by atoms with Crippen molar-refractivity contribution in [3.05, 3.63) is 74.0 Å². The number of aromatic nitrogens is 2. The lowest BCUT2D eigenvalue weighted by molar-refractivity contribution is 0.415. The second kappa shape index (κ2) is 5.59. The van der Waals surface area contributed by atoms with Crippen molar-refractivity contribution in [1.82, 2.24) is 9.97 Å². The molecule has 2 N–H and O–H groups in total. The fourth-order valence-electron chi connectivity index (χ4n) is 3.55. The first-order valence-corrected chi connectivity index (χ1v) is 8.72. The van der Waals surface area contributed by atoms with Crippen LogP contribution in [0, 0.1) is 0 Å². The van der Waals surface area contributed by atoms with Crippen LogP contribution < -0.4 is 15.6 Å². The Morgan fingerprint density at radius 3 is 2.19 bits per heavy atom. The van der Waals surface area contributed by atoms with Crippen molar-refractivity contribution < 1.29 is 4.74 Å². The van der Waals surface area contributed by atoms with Crippen LogP contribution in [-0.4, -0.2) is 17.1 Å². The van der Waals surface area contributed by atoms with E-state index in [4.69, 9.17) is 16.3 Å². The highest BCUT2D eigenvalue weighted by Gasteiger charge is 2.13. The zero-order valence-corrected chi connectivity index (χ0v) is 15.0. The largest absolute Gasteiger partial charge is 0.497 e. The summed E-state index contributed by atoms with van der Waals surface area (Å²) in [5.41, 5.74) is 2.18. The summed E-state index contributed by atoms with van der Waals surface area (Å²) in [5, 5.41) is 2.42. The summed E-state index contributed by atoms with van der Waals surface area (Å²) in [4.78, 5) is 32.4. The topological polar surface area (TPSA) is 75.0 Å². The molecule has 0 aliphatic heterocycles. The van der Waals surface area contributed by atoms with Gasteiger partial charge in [0.15, 0.2) is 10.9 Å². The summed E-state index contributed by atoms with van der Waals surface area (Å²) in [6, 6.07) is 14.0. The van der Waals surface area contributed by atoms with Gasteiger partial charge in [0.05, 0.1) is 34.1 Å². The zero-order chi connectivity index (χ0) is 18.7. The standard InChI is InChI=1S/C21H13ClN2O3/c1-27-10-6-14-19(15(22)7-10)24-18-9-12-17(8-13(18)21(14)26)23-16-5-3-2-4-11(16)20(12)25/h2-9H,1H3,(H,23,25)(H,24,26). The van der Waals surface area contributed by atoms with Gasteiger partial charge in [-0.05, 0) is 30.3 Å². The van der Waals surface area contributed by atoms with E-state index in [2.05, 4.69) is 9.97 Å². The van der Waals surface area contributed by atoms with Crippen LogP contribution in [0.1, 0.15) is 0 Å². The number of rotatable bonds is 1. The monoisotopic (exact) mass is 376 g/mol. The number of methoxy groups -OCH3 is 1. The highest BCUT2D eigenvalue weighted by atomic mass is 35.5. The molecule has 0 saturated heterocycles. The smallest absolute Gasteiger partial charge is 0.197 e. The lowest BCUT2D eigenvalue weighted by Crippen LogP contribution is -2.08. The Hall–Kier alpha value is -3.31. The number of nitrogens with one attached hydrogen (secondary N) is 2. The van der Waals surface area contributed by atoms with Crippen LogP contribution in [0.25, 0.3) is 43.6 Å². The van der Waals surface area contributed by atoms with Gasteiger partial charge in [-0.2, -0.15) is 0 Å². The Morgan fingerprint density at radius 1 is 0.778 bits per heavy atom. The highest BCUT2D eigenvalue weighted by Crippen LogP contribution is 2.28. The molecule has 0 amide bonds. The molecule has 3 aromatic carbocycles. The molecular formula is C21H13ClN2O3. The van der Waals surface area contributed by atoms with E-state index in [-0.39, 0.29) is 10.9 Å². The number of pyridine rings is 2. The van der Waals surface area contributed by atoms with Gasteiger partial charge in [-0.15, -0.1) is 0 Å². The number of hydrogen-bond donors (Lipinski definition) is 2. The maximum atomic E-state index is 13.1. The number of halogens is 1.